The Kier molecular flexibility index (Phi) is 3.80. The van der Waals surface area contributed by atoms with Crippen LogP contribution in [0.1, 0.15) is 5.56 Å². The van der Waals surface area contributed by atoms with Crippen molar-refractivity contribution in [3.63, 3.8) is 0 Å². The van der Waals surface area contributed by atoms with Crippen LogP contribution >= 0.6 is 0 Å². The highest BCUT2D eigenvalue weighted by molar-refractivity contribution is 6.03. The molecule has 1 aromatic carbocycles. The molecule has 5 nitrogen and oxygen atoms in total. The molecule has 1 aromatic rings. The Morgan fingerprint density at radius 1 is 1.37 bits per heavy atom. The molecule has 0 bridgehead atoms. The van der Waals surface area contributed by atoms with Gasteiger partial charge in [0.05, 0.1) is 20.3 Å². The zero-order chi connectivity index (χ0) is 13.9. The molecule has 0 radical (unpaired) electrons. The molecule has 0 spiro atoms. The number of ether oxygens (including phenoxy) is 2. The summed E-state index contributed by atoms with van der Waals surface area (Å²) in [6.07, 6.45) is 0. The monoisotopic (exact) mass is 267 g/mol. The lowest BCUT2D eigenvalue weighted by Crippen LogP contribution is -2.59. The SMILES string of the molecule is COC(=O)C1(C(=O)NCc2ccc(F)cc2)COC1. The van der Waals surface area contributed by atoms with Crippen molar-refractivity contribution in [2.75, 3.05) is 20.3 Å². The molecule has 1 heterocycles. The number of carbonyl (C=O) groups is 2. The van der Waals surface area contributed by atoms with Gasteiger partial charge in [-0.2, -0.15) is 0 Å². The molecule has 1 amide bonds. The minimum absolute atomic E-state index is 0.0227. The lowest BCUT2D eigenvalue weighted by atomic mass is 9.85. The summed E-state index contributed by atoms with van der Waals surface area (Å²) in [4.78, 5) is 23.6. The maximum absolute atomic E-state index is 12.7. The number of rotatable bonds is 4. The second-order valence-corrected chi connectivity index (χ2v) is 4.38. The second kappa shape index (κ2) is 5.36. The van der Waals surface area contributed by atoms with Gasteiger partial charge in [0, 0.05) is 6.54 Å². The largest absolute Gasteiger partial charge is 0.468 e. The van der Waals surface area contributed by atoms with Crippen LogP contribution in [0.2, 0.25) is 0 Å². The average molecular weight is 267 g/mol. The molecule has 0 atom stereocenters. The van der Waals surface area contributed by atoms with Gasteiger partial charge in [-0.25, -0.2) is 4.39 Å². The number of benzene rings is 1. The molecule has 2 rings (SSSR count). The van der Waals surface area contributed by atoms with E-state index >= 15 is 0 Å². The highest BCUT2D eigenvalue weighted by Gasteiger charge is 2.53. The molecular weight excluding hydrogens is 253 g/mol. The molecule has 6 heteroatoms. The summed E-state index contributed by atoms with van der Waals surface area (Å²) in [5.41, 5.74) is -0.496. The van der Waals surface area contributed by atoms with Gasteiger partial charge in [0.15, 0.2) is 5.41 Å². The van der Waals surface area contributed by atoms with Gasteiger partial charge in [-0.05, 0) is 17.7 Å². The summed E-state index contributed by atoms with van der Waals surface area (Å²) in [5, 5.41) is 2.63. The van der Waals surface area contributed by atoms with Crippen LogP contribution in [0.4, 0.5) is 4.39 Å². The van der Waals surface area contributed by atoms with Gasteiger partial charge in [-0.3, -0.25) is 9.59 Å². The number of esters is 1. The molecule has 0 aliphatic carbocycles. The van der Waals surface area contributed by atoms with E-state index in [9.17, 15) is 14.0 Å². The molecular formula is C13H14FNO4. The van der Waals surface area contributed by atoms with Gasteiger partial charge in [0.25, 0.3) is 0 Å². The molecule has 0 aromatic heterocycles. The Balaban J connectivity index is 1.97. The van der Waals surface area contributed by atoms with E-state index in [1.807, 2.05) is 0 Å². The lowest BCUT2D eigenvalue weighted by molar-refractivity contribution is -0.188. The fourth-order valence-corrected chi connectivity index (χ4v) is 1.80. The summed E-state index contributed by atoms with van der Waals surface area (Å²) < 4.78 is 22.3. The summed E-state index contributed by atoms with van der Waals surface area (Å²) in [7, 11) is 1.23. The minimum atomic E-state index is -1.24. The van der Waals surface area contributed by atoms with Gasteiger partial charge in [0.1, 0.15) is 5.82 Å². The quantitative estimate of drug-likeness (QED) is 0.642. The average Bonchev–Trinajstić information content (AvgIpc) is 2.36. The smallest absolute Gasteiger partial charge is 0.326 e. The Hall–Kier alpha value is -1.95. The van der Waals surface area contributed by atoms with Crippen LogP contribution in [0.25, 0.3) is 0 Å². The van der Waals surface area contributed by atoms with Crippen LogP contribution in [-0.2, 0) is 25.6 Å². The van der Waals surface area contributed by atoms with Gasteiger partial charge in [0.2, 0.25) is 5.91 Å². The van der Waals surface area contributed by atoms with E-state index in [0.717, 1.165) is 5.56 Å². The summed E-state index contributed by atoms with van der Waals surface area (Å²) in [5.74, 6) is -1.38. The third kappa shape index (κ3) is 2.58. The van der Waals surface area contributed by atoms with Gasteiger partial charge >= 0.3 is 5.97 Å². The summed E-state index contributed by atoms with van der Waals surface area (Å²) >= 11 is 0. The van der Waals surface area contributed by atoms with Crippen LogP contribution in [0.3, 0.4) is 0 Å². The van der Waals surface area contributed by atoms with E-state index in [-0.39, 0.29) is 25.6 Å². The molecule has 1 fully saturated rings. The van der Waals surface area contributed by atoms with Crippen molar-refractivity contribution in [1.29, 1.82) is 0 Å². The maximum atomic E-state index is 12.7. The Morgan fingerprint density at radius 2 is 2.00 bits per heavy atom. The summed E-state index contributed by atoms with van der Waals surface area (Å²) in [6.45, 7) is 0.266. The van der Waals surface area contributed by atoms with Crippen molar-refractivity contribution in [3.8, 4) is 0 Å². The zero-order valence-corrected chi connectivity index (χ0v) is 10.4. The van der Waals surface area contributed by atoms with Crippen LogP contribution in [0.15, 0.2) is 24.3 Å². The molecule has 1 aliphatic rings. The standard InChI is InChI=1S/C13H14FNO4/c1-18-12(17)13(7-19-8-13)11(16)15-6-9-2-4-10(14)5-3-9/h2-5H,6-8H2,1H3,(H,15,16). The van der Waals surface area contributed by atoms with E-state index in [4.69, 9.17) is 4.74 Å². The van der Waals surface area contributed by atoms with Crippen molar-refractivity contribution in [2.45, 2.75) is 6.54 Å². The van der Waals surface area contributed by atoms with Gasteiger partial charge in [-0.15, -0.1) is 0 Å². The van der Waals surface area contributed by atoms with Crippen molar-refractivity contribution in [3.05, 3.63) is 35.6 Å². The Labute approximate surface area is 109 Å². The molecule has 1 saturated heterocycles. The maximum Gasteiger partial charge on any atom is 0.326 e. The fourth-order valence-electron chi connectivity index (χ4n) is 1.80. The topological polar surface area (TPSA) is 64.6 Å². The minimum Gasteiger partial charge on any atom is -0.468 e. The molecule has 0 unspecified atom stereocenters. The van der Waals surface area contributed by atoms with E-state index in [1.54, 1.807) is 12.1 Å². The van der Waals surface area contributed by atoms with Crippen molar-refractivity contribution in [1.82, 2.24) is 5.32 Å². The molecule has 0 saturated carbocycles. The number of carbonyl (C=O) groups excluding carboxylic acids is 2. The first-order valence-corrected chi connectivity index (χ1v) is 5.77. The van der Waals surface area contributed by atoms with Crippen LogP contribution < -0.4 is 5.32 Å². The first-order valence-electron chi connectivity index (χ1n) is 5.77. The molecule has 102 valence electrons. The molecule has 19 heavy (non-hydrogen) atoms. The predicted octanol–water partition coefficient (Wildman–Crippen LogP) is 0.631. The second-order valence-electron chi connectivity index (χ2n) is 4.38. The summed E-state index contributed by atoms with van der Waals surface area (Å²) in [6, 6.07) is 5.75. The Morgan fingerprint density at radius 3 is 2.47 bits per heavy atom. The van der Waals surface area contributed by atoms with Crippen molar-refractivity contribution in [2.24, 2.45) is 5.41 Å². The highest BCUT2D eigenvalue weighted by atomic mass is 19.1. The Bertz CT molecular complexity index is 482. The third-order valence-electron chi connectivity index (χ3n) is 3.07. The zero-order valence-electron chi connectivity index (χ0n) is 10.4. The van der Waals surface area contributed by atoms with E-state index in [1.165, 1.54) is 19.2 Å². The van der Waals surface area contributed by atoms with Crippen molar-refractivity contribution >= 4 is 11.9 Å². The first kappa shape index (κ1) is 13.5. The third-order valence-corrected chi connectivity index (χ3v) is 3.07. The predicted molar refractivity (Wildman–Crippen MR) is 63.5 cm³/mol. The highest BCUT2D eigenvalue weighted by Crippen LogP contribution is 2.29. The number of amides is 1. The van der Waals surface area contributed by atoms with Crippen LogP contribution in [0, 0.1) is 11.2 Å². The fraction of sp³-hybridized carbons (Fsp3) is 0.385. The lowest BCUT2D eigenvalue weighted by Gasteiger charge is -2.36. The van der Waals surface area contributed by atoms with Gasteiger partial charge < -0.3 is 14.8 Å². The molecule has 1 N–H and O–H groups in total. The number of methoxy groups -OCH3 is 1. The molecule has 1 aliphatic heterocycles. The number of nitrogens with one attached hydrogen (secondary N) is 1. The van der Waals surface area contributed by atoms with Crippen LogP contribution in [-0.4, -0.2) is 32.2 Å². The van der Waals surface area contributed by atoms with E-state index in [0.29, 0.717) is 0 Å². The number of hydrogen-bond acceptors (Lipinski definition) is 4. The number of halogens is 1. The van der Waals surface area contributed by atoms with Crippen LogP contribution in [0.5, 0.6) is 0 Å². The van der Waals surface area contributed by atoms with Crippen molar-refractivity contribution < 1.29 is 23.5 Å². The van der Waals surface area contributed by atoms with E-state index < -0.39 is 17.3 Å². The van der Waals surface area contributed by atoms with Gasteiger partial charge in [-0.1, -0.05) is 12.1 Å². The first-order chi connectivity index (χ1) is 9.08. The normalized spacial score (nSPS) is 16.3. The van der Waals surface area contributed by atoms with E-state index in [2.05, 4.69) is 10.1 Å². The number of hydrogen-bond donors (Lipinski definition) is 1.